The molecule has 0 atom stereocenters. The highest BCUT2D eigenvalue weighted by atomic mass is 16.5. The number of rotatable bonds is 7. The number of hydrazine groups is 1. The van der Waals surface area contributed by atoms with Gasteiger partial charge in [0.15, 0.2) is 0 Å². The monoisotopic (exact) mass is 254 g/mol. The third kappa shape index (κ3) is 5.13. The predicted molar refractivity (Wildman–Crippen MR) is 71.7 cm³/mol. The van der Waals surface area contributed by atoms with Crippen LogP contribution in [0.2, 0.25) is 0 Å². The van der Waals surface area contributed by atoms with Gasteiger partial charge in [-0.3, -0.25) is 5.43 Å². The minimum Gasteiger partial charge on any atom is -0.461 e. The first-order chi connectivity index (χ1) is 8.51. The molecule has 0 aliphatic carbocycles. The van der Waals surface area contributed by atoms with Gasteiger partial charge in [-0.05, 0) is 20.3 Å². The van der Waals surface area contributed by atoms with Gasteiger partial charge in [0.25, 0.3) is 0 Å². The van der Waals surface area contributed by atoms with E-state index in [9.17, 15) is 0 Å². The molecule has 0 aliphatic rings. The quantitative estimate of drug-likeness (QED) is 0.712. The number of nitrogens with one attached hydrogen (secondary N) is 2. The minimum absolute atomic E-state index is 0.0265. The maximum absolute atomic E-state index is 5.50. The molecule has 0 bridgehead atoms. The maximum Gasteiger partial charge on any atom is 0.323 e. The van der Waals surface area contributed by atoms with E-state index in [4.69, 9.17) is 4.74 Å². The van der Waals surface area contributed by atoms with Crippen LogP contribution in [0.4, 0.5) is 11.9 Å². The second kappa shape index (κ2) is 6.95. The van der Waals surface area contributed by atoms with E-state index in [-0.39, 0.29) is 6.10 Å². The molecule has 2 N–H and O–H groups in total. The molecule has 7 nitrogen and oxygen atoms in total. The number of nitrogens with zero attached hydrogens (tertiary/aromatic N) is 4. The van der Waals surface area contributed by atoms with E-state index in [0.29, 0.717) is 17.9 Å². The van der Waals surface area contributed by atoms with Crippen molar-refractivity contribution in [3.63, 3.8) is 0 Å². The molecule has 1 rings (SSSR count). The lowest BCUT2D eigenvalue weighted by molar-refractivity contribution is 0.222. The second-order valence-electron chi connectivity index (χ2n) is 4.36. The van der Waals surface area contributed by atoms with Crippen molar-refractivity contribution in [3.05, 3.63) is 0 Å². The summed E-state index contributed by atoms with van der Waals surface area (Å²) in [4.78, 5) is 12.6. The van der Waals surface area contributed by atoms with Gasteiger partial charge in [-0.1, -0.05) is 6.92 Å². The zero-order valence-electron chi connectivity index (χ0n) is 11.7. The van der Waals surface area contributed by atoms with Gasteiger partial charge in [-0.25, -0.2) is 5.01 Å². The van der Waals surface area contributed by atoms with Crippen LogP contribution in [-0.2, 0) is 0 Å². The summed E-state index contributed by atoms with van der Waals surface area (Å²) in [5.41, 5.74) is 2.99. The predicted octanol–water partition coefficient (Wildman–Crippen LogP) is 1.37. The highest BCUT2D eigenvalue weighted by Gasteiger charge is 2.09. The summed E-state index contributed by atoms with van der Waals surface area (Å²) in [7, 11) is 3.73. The molecule has 0 saturated carbocycles. The Labute approximate surface area is 108 Å². The number of anilines is 2. The van der Waals surface area contributed by atoms with Gasteiger partial charge >= 0.3 is 6.01 Å². The largest absolute Gasteiger partial charge is 0.461 e. The van der Waals surface area contributed by atoms with Crippen LogP contribution in [0.5, 0.6) is 6.01 Å². The van der Waals surface area contributed by atoms with Crippen LogP contribution in [0.3, 0.4) is 0 Å². The van der Waals surface area contributed by atoms with Gasteiger partial charge in [0.1, 0.15) is 0 Å². The Morgan fingerprint density at radius 1 is 1.17 bits per heavy atom. The molecule has 1 aromatic rings. The fourth-order valence-electron chi connectivity index (χ4n) is 1.19. The van der Waals surface area contributed by atoms with E-state index in [0.717, 1.165) is 13.0 Å². The van der Waals surface area contributed by atoms with E-state index in [1.165, 1.54) is 0 Å². The second-order valence-corrected chi connectivity index (χ2v) is 4.36. The molecule has 1 heterocycles. The Bertz CT molecular complexity index is 340. The third-order valence-corrected chi connectivity index (χ3v) is 1.81. The van der Waals surface area contributed by atoms with Crippen LogP contribution in [0.15, 0.2) is 0 Å². The molecule has 18 heavy (non-hydrogen) atoms. The number of hydrogen-bond acceptors (Lipinski definition) is 7. The van der Waals surface area contributed by atoms with Crippen molar-refractivity contribution in [1.29, 1.82) is 0 Å². The molecular formula is C11H22N6O. The minimum atomic E-state index is 0.0265. The Morgan fingerprint density at radius 2 is 1.83 bits per heavy atom. The molecule has 0 spiro atoms. The zero-order valence-corrected chi connectivity index (χ0v) is 11.7. The van der Waals surface area contributed by atoms with Crippen molar-refractivity contribution in [1.82, 2.24) is 20.0 Å². The lowest BCUT2D eigenvalue weighted by Gasteiger charge is -2.14. The highest BCUT2D eigenvalue weighted by Crippen LogP contribution is 2.12. The average Bonchev–Trinajstić information content (AvgIpc) is 2.24. The molecule has 0 saturated heterocycles. The Morgan fingerprint density at radius 3 is 2.39 bits per heavy atom. The fraction of sp³-hybridized carbons (Fsp3) is 0.727. The Kier molecular flexibility index (Phi) is 5.57. The van der Waals surface area contributed by atoms with Gasteiger partial charge in [-0.15, -0.1) is 0 Å². The fourth-order valence-corrected chi connectivity index (χ4v) is 1.19. The van der Waals surface area contributed by atoms with E-state index >= 15 is 0 Å². The van der Waals surface area contributed by atoms with Crippen LogP contribution in [0, 0.1) is 0 Å². The van der Waals surface area contributed by atoms with E-state index in [2.05, 4.69) is 32.6 Å². The first-order valence-corrected chi connectivity index (χ1v) is 6.11. The van der Waals surface area contributed by atoms with Crippen molar-refractivity contribution in [2.24, 2.45) is 0 Å². The lowest BCUT2D eigenvalue weighted by Crippen LogP contribution is -2.22. The van der Waals surface area contributed by atoms with Crippen molar-refractivity contribution in [2.75, 3.05) is 31.4 Å². The van der Waals surface area contributed by atoms with Crippen LogP contribution in [0.1, 0.15) is 27.2 Å². The molecule has 102 valence electrons. The summed E-state index contributed by atoms with van der Waals surface area (Å²) in [5, 5.41) is 4.88. The van der Waals surface area contributed by atoms with E-state index in [1.807, 2.05) is 27.9 Å². The third-order valence-electron chi connectivity index (χ3n) is 1.81. The standard InChI is InChI=1S/C11H22N6O/c1-6-7-12-9-13-10(16-17(4)5)15-11(14-9)18-8(2)3/h8H,6-7H2,1-5H3,(H2,12,13,14,15,16). The molecule has 0 aliphatic heterocycles. The smallest absolute Gasteiger partial charge is 0.323 e. The average molecular weight is 254 g/mol. The van der Waals surface area contributed by atoms with Gasteiger partial charge in [0.2, 0.25) is 11.9 Å². The highest BCUT2D eigenvalue weighted by molar-refractivity contribution is 5.35. The van der Waals surface area contributed by atoms with Crippen molar-refractivity contribution in [3.8, 4) is 6.01 Å². The van der Waals surface area contributed by atoms with Crippen LogP contribution in [-0.4, -0.2) is 46.7 Å². The summed E-state index contributed by atoms with van der Waals surface area (Å²) in [5.74, 6) is 0.983. The molecular weight excluding hydrogens is 232 g/mol. The summed E-state index contributed by atoms with van der Waals surface area (Å²) >= 11 is 0. The first-order valence-electron chi connectivity index (χ1n) is 6.11. The Balaban J connectivity index is 2.88. The molecule has 0 aromatic carbocycles. The van der Waals surface area contributed by atoms with Crippen LogP contribution < -0.4 is 15.5 Å². The number of aromatic nitrogens is 3. The molecule has 0 radical (unpaired) electrons. The van der Waals surface area contributed by atoms with Gasteiger partial charge < -0.3 is 10.1 Å². The van der Waals surface area contributed by atoms with Crippen LogP contribution >= 0.6 is 0 Å². The van der Waals surface area contributed by atoms with E-state index in [1.54, 1.807) is 5.01 Å². The van der Waals surface area contributed by atoms with Gasteiger partial charge in [0, 0.05) is 20.6 Å². The summed E-state index contributed by atoms with van der Waals surface area (Å²) in [6.45, 7) is 6.76. The Hall–Kier alpha value is -1.63. The maximum atomic E-state index is 5.50. The molecule has 0 unspecified atom stereocenters. The molecule has 0 fully saturated rings. The van der Waals surface area contributed by atoms with Crippen LogP contribution in [0.25, 0.3) is 0 Å². The van der Waals surface area contributed by atoms with Crippen molar-refractivity contribution >= 4 is 11.9 Å². The summed E-state index contributed by atoms with van der Waals surface area (Å²) in [6, 6.07) is 0.322. The molecule has 0 amide bonds. The van der Waals surface area contributed by atoms with Crippen molar-refractivity contribution in [2.45, 2.75) is 33.3 Å². The molecule has 1 aromatic heterocycles. The van der Waals surface area contributed by atoms with Gasteiger partial charge in [0.05, 0.1) is 6.10 Å². The SMILES string of the molecule is CCCNc1nc(NN(C)C)nc(OC(C)C)n1. The van der Waals surface area contributed by atoms with Crippen molar-refractivity contribution < 1.29 is 4.74 Å². The number of ether oxygens (including phenoxy) is 1. The summed E-state index contributed by atoms with van der Waals surface area (Å²) in [6.07, 6.45) is 1.03. The number of hydrogen-bond donors (Lipinski definition) is 2. The lowest BCUT2D eigenvalue weighted by atomic mass is 10.5. The first kappa shape index (κ1) is 14.4. The zero-order chi connectivity index (χ0) is 13.5. The van der Waals surface area contributed by atoms with E-state index < -0.39 is 0 Å². The normalized spacial score (nSPS) is 10.8. The van der Waals surface area contributed by atoms with Gasteiger partial charge in [-0.2, -0.15) is 15.0 Å². The summed E-state index contributed by atoms with van der Waals surface area (Å²) < 4.78 is 5.50. The molecule has 7 heteroatoms. The topological polar surface area (TPSA) is 75.2 Å².